The standard InChI is InChI=1S/C18H22N4O2S/c1-13-19-20-18(22(13)15-7-8-15)25-16(14-5-3-2-4-6-14)17(23)21-9-11-24-12-10-21/h2-6,15-16H,7-12H2,1H3/t16-/m1/s1. The van der Waals surface area contributed by atoms with E-state index in [4.69, 9.17) is 4.74 Å². The SMILES string of the molecule is Cc1nnc(S[C@@H](C(=O)N2CCOCC2)c2ccccc2)n1C1CC1. The highest BCUT2D eigenvalue weighted by Crippen LogP contribution is 2.42. The van der Waals surface area contributed by atoms with Crippen molar-refractivity contribution in [2.45, 2.75) is 36.2 Å². The zero-order valence-corrected chi connectivity index (χ0v) is 15.1. The van der Waals surface area contributed by atoms with Gasteiger partial charge < -0.3 is 14.2 Å². The van der Waals surface area contributed by atoms with E-state index in [-0.39, 0.29) is 11.2 Å². The molecule has 1 aromatic carbocycles. The topological polar surface area (TPSA) is 60.3 Å². The van der Waals surface area contributed by atoms with Gasteiger partial charge in [-0.15, -0.1) is 10.2 Å². The maximum Gasteiger partial charge on any atom is 0.240 e. The number of thioether (sulfide) groups is 1. The third kappa shape index (κ3) is 3.57. The lowest BCUT2D eigenvalue weighted by atomic mass is 10.1. The molecule has 132 valence electrons. The third-order valence-electron chi connectivity index (χ3n) is 4.62. The average Bonchev–Trinajstić information content (AvgIpc) is 3.43. The molecule has 0 radical (unpaired) electrons. The molecule has 2 fully saturated rings. The van der Waals surface area contributed by atoms with Crippen LogP contribution in [0.3, 0.4) is 0 Å². The lowest BCUT2D eigenvalue weighted by Crippen LogP contribution is -2.42. The molecular formula is C18H22N4O2S. The number of morpholine rings is 1. The van der Waals surface area contributed by atoms with Crippen LogP contribution >= 0.6 is 11.8 Å². The minimum atomic E-state index is -0.305. The highest BCUT2D eigenvalue weighted by atomic mass is 32.2. The van der Waals surface area contributed by atoms with Gasteiger partial charge in [0.1, 0.15) is 11.1 Å². The third-order valence-corrected chi connectivity index (χ3v) is 5.82. The molecule has 0 unspecified atom stereocenters. The monoisotopic (exact) mass is 358 g/mol. The quantitative estimate of drug-likeness (QED) is 0.769. The molecule has 6 nitrogen and oxygen atoms in total. The first-order valence-corrected chi connectivity index (χ1v) is 9.61. The molecule has 25 heavy (non-hydrogen) atoms. The Kier molecular flexibility index (Phi) is 4.76. The zero-order valence-electron chi connectivity index (χ0n) is 14.3. The second kappa shape index (κ2) is 7.17. The van der Waals surface area contributed by atoms with Gasteiger partial charge in [-0.25, -0.2) is 0 Å². The molecule has 2 aliphatic rings. The van der Waals surface area contributed by atoms with Crippen LogP contribution in [0.15, 0.2) is 35.5 Å². The Bertz CT molecular complexity index is 739. The first-order chi connectivity index (χ1) is 12.2. The molecule has 1 aliphatic carbocycles. The summed E-state index contributed by atoms with van der Waals surface area (Å²) in [5.41, 5.74) is 1.01. The van der Waals surface area contributed by atoms with Crippen molar-refractivity contribution >= 4 is 17.7 Å². The van der Waals surface area contributed by atoms with Gasteiger partial charge in [0.25, 0.3) is 0 Å². The molecule has 2 aromatic rings. The summed E-state index contributed by atoms with van der Waals surface area (Å²) in [5, 5.41) is 9.13. The summed E-state index contributed by atoms with van der Waals surface area (Å²) in [6.45, 7) is 4.50. The molecule has 1 aromatic heterocycles. The largest absolute Gasteiger partial charge is 0.378 e. The summed E-state index contributed by atoms with van der Waals surface area (Å²) in [4.78, 5) is 15.1. The average molecular weight is 358 g/mol. The Morgan fingerprint density at radius 3 is 2.60 bits per heavy atom. The first-order valence-electron chi connectivity index (χ1n) is 8.73. The molecule has 1 atom stereocenters. The Labute approximate surface area is 151 Å². The van der Waals surface area contributed by atoms with E-state index in [1.807, 2.05) is 42.2 Å². The molecule has 4 rings (SSSR count). The van der Waals surface area contributed by atoms with Crippen LogP contribution in [0.5, 0.6) is 0 Å². The highest BCUT2D eigenvalue weighted by Gasteiger charge is 2.33. The summed E-state index contributed by atoms with van der Waals surface area (Å²) in [6, 6.07) is 10.5. The zero-order chi connectivity index (χ0) is 17.2. The number of hydrogen-bond donors (Lipinski definition) is 0. The van der Waals surface area contributed by atoms with E-state index in [1.54, 1.807) is 0 Å². The number of nitrogens with zero attached hydrogens (tertiary/aromatic N) is 4. The fourth-order valence-corrected chi connectivity index (χ4v) is 4.36. The van der Waals surface area contributed by atoms with E-state index in [0.29, 0.717) is 32.3 Å². The van der Waals surface area contributed by atoms with Crippen LogP contribution in [-0.4, -0.2) is 51.9 Å². The number of rotatable bonds is 5. The summed E-state index contributed by atoms with van der Waals surface area (Å²) in [5.74, 6) is 1.05. The Hall–Kier alpha value is -1.86. The minimum Gasteiger partial charge on any atom is -0.378 e. The van der Waals surface area contributed by atoms with Gasteiger partial charge in [0.05, 0.1) is 13.2 Å². The number of amides is 1. The predicted molar refractivity (Wildman–Crippen MR) is 95.5 cm³/mol. The van der Waals surface area contributed by atoms with Gasteiger partial charge in [0.2, 0.25) is 5.91 Å². The minimum absolute atomic E-state index is 0.127. The van der Waals surface area contributed by atoms with Crippen LogP contribution < -0.4 is 0 Å². The number of carbonyl (C=O) groups is 1. The molecule has 0 bridgehead atoms. The van der Waals surface area contributed by atoms with Gasteiger partial charge >= 0.3 is 0 Å². The van der Waals surface area contributed by atoms with Crippen molar-refractivity contribution in [3.63, 3.8) is 0 Å². The van der Waals surface area contributed by atoms with Crippen molar-refractivity contribution in [2.24, 2.45) is 0 Å². The molecule has 2 heterocycles. The summed E-state index contributed by atoms with van der Waals surface area (Å²) < 4.78 is 7.58. The highest BCUT2D eigenvalue weighted by molar-refractivity contribution is 8.00. The maximum absolute atomic E-state index is 13.2. The molecule has 0 N–H and O–H groups in total. The smallest absolute Gasteiger partial charge is 0.240 e. The lowest BCUT2D eigenvalue weighted by Gasteiger charge is -2.30. The van der Waals surface area contributed by atoms with Crippen molar-refractivity contribution < 1.29 is 9.53 Å². The van der Waals surface area contributed by atoms with Gasteiger partial charge in [-0.2, -0.15) is 0 Å². The molecule has 1 saturated heterocycles. The van der Waals surface area contributed by atoms with Crippen LogP contribution in [-0.2, 0) is 9.53 Å². The van der Waals surface area contributed by atoms with Gasteiger partial charge in [-0.3, -0.25) is 4.79 Å². The second-order valence-corrected chi connectivity index (χ2v) is 7.55. The lowest BCUT2D eigenvalue weighted by molar-refractivity contribution is -0.134. The van der Waals surface area contributed by atoms with Crippen molar-refractivity contribution in [2.75, 3.05) is 26.3 Å². The second-order valence-electron chi connectivity index (χ2n) is 6.48. The molecule has 1 amide bonds. The van der Waals surface area contributed by atoms with E-state index < -0.39 is 0 Å². The Balaban J connectivity index is 1.62. The van der Waals surface area contributed by atoms with Crippen LogP contribution in [0.25, 0.3) is 0 Å². The van der Waals surface area contributed by atoms with E-state index >= 15 is 0 Å². The van der Waals surface area contributed by atoms with E-state index in [2.05, 4.69) is 14.8 Å². The Morgan fingerprint density at radius 1 is 1.20 bits per heavy atom. The molecule has 1 saturated carbocycles. The number of aromatic nitrogens is 3. The maximum atomic E-state index is 13.2. The van der Waals surface area contributed by atoms with Gasteiger partial charge in [0, 0.05) is 19.1 Å². The van der Waals surface area contributed by atoms with E-state index in [0.717, 1.165) is 16.5 Å². The van der Waals surface area contributed by atoms with Crippen molar-refractivity contribution in [3.8, 4) is 0 Å². The number of carbonyl (C=O) groups excluding carboxylic acids is 1. The molecule has 1 aliphatic heterocycles. The summed E-state index contributed by atoms with van der Waals surface area (Å²) in [7, 11) is 0. The number of ether oxygens (including phenoxy) is 1. The number of aryl methyl sites for hydroxylation is 1. The van der Waals surface area contributed by atoms with Crippen LogP contribution in [0.1, 0.15) is 35.5 Å². The van der Waals surface area contributed by atoms with E-state index in [9.17, 15) is 4.79 Å². The van der Waals surface area contributed by atoms with E-state index in [1.165, 1.54) is 24.6 Å². The van der Waals surface area contributed by atoms with Gasteiger partial charge in [-0.05, 0) is 25.3 Å². The molecule has 7 heteroatoms. The van der Waals surface area contributed by atoms with Crippen molar-refractivity contribution in [1.29, 1.82) is 0 Å². The fourth-order valence-electron chi connectivity index (χ4n) is 3.13. The number of benzene rings is 1. The van der Waals surface area contributed by atoms with Gasteiger partial charge in [-0.1, -0.05) is 42.1 Å². The van der Waals surface area contributed by atoms with Gasteiger partial charge in [0.15, 0.2) is 5.16 Å². The summed E-state index contributed by atoms with van der Waals surface area (Å²) >= 11 is 1.52. The van der Waals surface area contributed by atoms with Crippen LogP contribution in [0, 0.1) is 6.92 Å². The fraction of sp³-hybridized carbons (Fsp3) is 0.500. The Morgan fingerprint density at radius 2 is 1.92 bits per heavy atom. The van der Waals surface area contributed by atoms with Crippen LogP contribution in [0.2, 0.25) is 0 Å². The molecular weight excluding hydrogens is 336 g/mol. The van der Waals surface area contributed by atoms with Crippen molar-refractivity contribution in [1.82, 2.24) is 19.7 Å². The molecule has 0 spiro atoms. The van der Waals surface area contributed by atoms with Crippen LogP contribution in [0.4, 0.5) is 0 Å². The predicted octanol–water partition coefficient (Wildman–Crippen LogP) is 2.61. The number of hydrogen-bond acceptors (Lipinski definition) is 5. The summed E-state index contributed by atoms with van der Waals surface area (Å²) in [6.07, 6.45) is 2.33. The normalized spacial score (nSPS) is 19.0. The first kappa shape index (κ1) is 16.6. The van der Waals surface area contributed by atoms with Crippen molar-refractivity contribution in [3.05, 3.63) is 41.7 Å².